The number of ketones is 2. The maximum Gasteiger partial charge on any atom is 0.129 e. The lowest BCUT2D eigenvalue weighted by Crippen LogP contribution is -2.08. The monoisotopic (exact) mass is 658 g/mol. The van der Waals surface area contributed by atoms with Crippen LogP contribution in [0, 0.1) is 0 Å². The van der Waals surface area contributed by atoms with Crippen molar-refractivity contribution in [2.45, 2.75) is 58.8 Å². The number of H-pyrrole nitrogens is 2. The molecule has 7 nitrogen and oxygen atoms in total. The maximum atomic E-state index is 11.1. The molecule has 2 N–H and O–H groups in total. The Kier molecular flexibility index (Phi) is 13.1. The SMILES string of the molecule is CC(=O)CCCc1c[nH]c2ccc(OCCOc3ccccc3)cc12.CC(=O)CCCc1c[nH]c2ccc(OCCc3ccccc3)cc12. The predicted octanol–water partition coefficient (Wildman–Crippen LogP) is 9.24. The van der Waals surface area contributed by atoms with Crippen molar-refractivity contribution in [1.29, 1.82) is 0 Å². The third-order valence-electron chi connectivity index (χ3n) is 8.29. The summed E-state index contributed by atoms with van der Waals surface area (Å²) >= 11 is 0. The van der Waals surface area contributed by atoms with Gasteiger partial charge in [-0.2, -0.15) is 0 Å². The number of nitrogens with one attached hydrogen (secondary N) is 2. The van der Waals surface area contributed by atoms with Crippen LogP contribution in [-0.2, 0) is 28.9 Å². The first-order valence-corrected chi connectivity index (χ1v) is 17.1. The molecule has 0 aliphatic heterocycles. The number of carbonyl (C=O) groups excluding carboxylic acids is 2. The normalized spacial score (nSPS) is 10.8. The fourth-order valence-corrected chi connectivity index (χ4v) is 5.73. The molecule has 2 aromatic heterocycles. The molecule has 0 unspecified atom stereocenters. The van der Waals surface area contributed by atoms with Gasteiger partial charge in [0.15, 0.2) is 0 Å². The van der Waals surface area contributed by atoms with Crippen molar-refractivity contribution >= 4 is 33.4 Å². The fraction of sp³-hybridized carbons (Fsp3) is 0.286. The zero-order valence-electron chi connectivity index (χ0n) is 28.5. The first-order chi connectivity index (χ1) is 23.9. The predicted molar refractivity (Wildman–Crippen MR) is 197 cm³/mol. The second-order valence-electron chi connectivity index (χ2n) is 12.2. The average Bonchev–Trinajstić information content (AvgIpc) is 3.71. The van der Waals surface area contributed by atoms with Crippen LogP contribution in [0.4, 0.5) is 0 Å². The van der Waals surface area contributed by atoms with Crippen LogP contribution >= 0.6 is 0 Å². The molecule has 49 heavy (non-hydrogen) atoms. The van der Waals surface area contributed by atoms with Crippen LogP contribution in [0.15, 0.2) is 109 Å². The second-order valence-corrected chi connectivity index (χ2v) is 12.2. The van der Waals surface area contributed by atoms with Gasteiger partial charge in [0.05, 0.1) is 6.61 Å². The molecule has 254 valence electrons. The van der Waals surface area contributed by atoms with Gasteiger partial charge in [-0.25, -0.2) is 0 Å². The Morgan fingerprint density at radius 2 is 1.00 bits per heavy atom. The molecule has 0 amide bonds. The molecular weight excluding hydrogens is 612 g/mol. The highest BCUT2D eigenvalue weighted by molar-refractivity contribution is 5.85. The lowest BCUT2D eigenvalue weighted by atomic mass is 10.1. The minimum atomic E-state index is 0.238. The summed E-state index contributed by atoms with van der Waals surface area (Å²) in [4.78, 5) is 28.8. The number of hydrogen-bond donors (Lipinski definition) is 2. The van der Waals surface area contributed by atoms with Crippen LogP contribution < -0.4 is 14.2 Å². The van der Waals surface area contributed by atoms with Crippen molar-refractivity contribution in [3.63, 3.8) is 0 Å². The highest BCUT2D eigenvalue weighted by Gasteiger charge is 2.08. The topological polar surface area (TPSA) is 93.4 Å². The fourth-order valence-electron chi connectivity index (χ4n) is 5.73. The molecule has 6 rings (SSSR count). The summed E-state index contributed by atoms with van der Waals surface area (Å²) in [6, 6.07) is 32.3. The number of ether oxygens (including phenoxy) is 3. The zero-order valence-corrected chi connectivity index (χ0v) is 28.5. The molecule has 2 heterocycles. The van der Waals surface area contributed by atoms with E-state index < -0.39 is 0 Å². The van der Waals surface area contributed by atoms with Gasteiger partial charge in [-0.05, 0) is 105 Å². The van der Waals surface area contributed by atoms with Crippen molar-refractivity contribution in [3.8, 4) is 17.2 Å². The molecule has 0 aliphatic rings. The molecule has 0 radical (unpaired) electrons. The van der Waals surface area contributed by atoms with Crippen molar-refractivity contribution in [2.75, 3.05) is 19.8 Å². The number of para-hydroxylation sites is 1. The number of rotatable bonds is 17. The minimum absolute atomic E-state index is 0.238. The molecular formula is C42H46N2O5. The summed E-state index contributed by atoms with van der Waals surface area (Å²) in [5.74, 6) is 3.06. The number of aromatic nitrogens is 2. The number of carbonyl (C=O) groups is 2. The van der Waals surface area contributed by atoms with Gasteiger partial charge in [0, 0.05) is 53.5 Å². The van der Waals surface area contributed by atoms with Crippen LogP contribution in [-0.4, -0.2) is 41.4 Å². The van der Waals surface area contributed by atoms with Gasteiger partial charge in [0.2, 0.25) is 0 Å². The van der Waals surface area contributed by atoms with Crippen LogP contribution in [0.25, 0.3) is 21.8 Å². The molecule has 0 atom stereocenters. The Morgan fingerprint density at radius 1 is 0.531 bits per heavy atom. The van der Waals surface area contributed by atoms with E-state index in [0.29, 0.717) is 32.7 Å². The summed E-state index contributed by atoms with van der Waals surface area (Å²) < 4.78 is 17.4. The number of aromatic amines is 2. The molecule has 0 bridgehead atoms. The molecule has 0 spiro atoms. The summed E-state index contributed by atoms with van der Waals surface area (Å²) in [7, 11) is 0. The minimum Gasteiger partial charge on any atom is -0.493 e. The molecule has 0 fully saturated rings. The van der Waals surface area contributed by atoms with Gasteiger partial charge >= 0.3 is 0 Å². The Labute approximate surface area is 288 Å². The van der Waals surface area contributed by atoms with Crippen molar-refractivity contribution in [1.82, 2.24) is 9.97 Å². The average molecular weight is 659 g/mol. The van der Waals surface area contributed by atoms with Crippen LogP contribution in [0.2, 0.25) is 0 Å². The van der Waals surface area contributed by atoms with Gasteiger partial charge in [0.1, 0.15) is 42.0 Å². The maximum absolute atomic E-state index is 11.1. The molecule has 0 saturated carbocycles. The van der Waals surface area contributed by atoms with Gasteiger partial charge in [-0.1, -0.05) is 48.5 Å². The van der Waals surface area contributed by atoms with E-state index in [0.717, 1.165) is 65.8 Å². The van der Waals surface area contributed by atoms with E-state index in [2.05, 4.69) is 52.4 Å². The zero-order chi connectivity index (χ0) is 34.3. The highest BCUT2D eigenvalue weighted by atomic mass is 16.5. The summed E-state index contributed by atoms with van der Waals surface area (Å²) in [5.41, 5.74) is 5.96. The number of fused-ring (bicyclic) bond motifs is 2. The Balaban J connectivity index is 0.000000191. The van der Waals surface area contributed by atoms with Crippen molar-refractivity contribution < 1.29 is 23.8 Å². The van der Waals surface area contributed by atoms with E-state index in [4.69, 9.17) is 14.2 Å². The smallest absolute Gasteiger partial charge is 0.129 e. The van der Waals surface area contributed by atoms with Crippen LogP contribution in [0.5, 0.6) is 17.2 Å². The first-order valence-electron chi connectivity index (χ1n) is 17.1. The standard InChI is InChI=1S/C21H23NO3.C21H23NO2/c1-16(23)6-5-7-17-15-22-21-11-10-19(14-20(17)21)25-13-12-24-18-8-3-2-4-9-18;1-16(23)6-5-9-18-15-22-21-11-10-19(14-20(18)21)24-13-12-17-7-3-2-4-8-17/h2-4,8-11,14-15,22H,5-7,12-13H2,1H3;2-4,7-8,10-11,14-15,22H,5-6,9,12-13H2,1H3. The molecule has 7 heteroatoms. The van der Waals surface area contributed by atoms with Gasteiger partial charge < -0.3 is 33.8 Å². The number of hydrogen-bond acceptors (Lipinski definition) is 5. The van der Waals surface area contributed by atoms with E-state index in [-0.39, 0.29) is 11.6 Å². The van der Waals surface area contributed by atoms with Crippen LogP contribution in [0.3, 0.4) is 0 Å². The molecule has 0 aliphatic carbocycles. The van der Waals surface area contributed by atoms with Gasteiger partial charge in [0.25, 0.3) is 0 Å². The lowest BCUT2D eigenvalue weighted by molar-refractivity contribution is -0.117. The third-order valence-corrected chi connectivity index (χ3v) is 8.29. The highest BCUT2D eigenvalue weighted by Crippen LogP contribution is 2.26. The van der Waals surface area contributed by atoms with Gasteiger partial charge in [-0.15, -0.1) is 0 Å². The van der Waals surface area contributed by atoms with Crippen molar-refractivity contribution in [3.05, 3.63) is 126 Å². The van der Waals surface area contributed by atoms with E-state index in [1.807, 2.05) is 67.0 Å². The lowest BCUT2D eigenvalue weighted by Gasteiger charge is -2.09. The number of aryl methyl sites for hydroxylation is 2. The van der Waals surface area contributed by atoms with E-state index >= 15 is 0 Å². The van der Waals surface area contributed by atoms with E-state index in [1.54, 1.807) is 13.8 Å². The molecule has 0 saturated heterocycles. The number of benzene rings is 4. The van der Waals surface area contributed by atoms with Crippen molar-refractivity contribution in [2.24, 2.45) is 0 Å². The Bertz CT molecular complexity index is 1910. The number of Topliss-reactive ketones (excluding diaryl/α,β-unsaturated/α-hetero) is 2. The van der Waals surface area contributed by atoms with E-state index in [1.165, 1.54) is 22.1 Å². The van der Waals surface area contributed by atoms with Crippen LogP contribution in [0.1, 0.15) is 56.2 Å². The molecule has 6 aromatic rings. The summed E-state index contributed by atoms with van der Waals surface area (Å²) in [6.45, 7) is 4.94. The van der Waals surface area contributed by atoms with Gasteiger partial charge in [-0.3, -0.25) is 0 Å². The quantitative estimate of drug-likeness (QED) is 0.0953. The summed E-state index contributed by atoms with van der Waals surface area (Å²) in [5, 5.41) is 2.35. The Morgan fingerprint density at radius 3 is 1.51 bits per heavy atom. The van der Waals surface area contributed by atoms with E-state index in [9.17, 15) is 9.59 Å². The third kappa shape index (κ3) is 11.1. The summed E-state index contributed by atoms with van der Waals surface area (Å²) in [6.07, 6.45) is 9.79. The molecule has 4 aromatic carbocycles. The Hall–Kier alpha value is -5.30. The first kappa shape index (κ1) is 35.0. The largest absolute Gasteiger partial charge is 0.493 e. The second kappa shape index (κ2) is 18.3.